The average molecular weight is 505 g/mol. The minimum absolute atomic E-state index is 0.160. The summed E-state index contributed by atoms with van der Waals surface area (Å²) < 4.78 is 27.5. The molecule has 1 fully saturated rings. The molecule has 0 aliphatic carbocycles. The number of aliphatic hydroxyl groups is 2. The summed E-state index contributed by atoms with van der Waals surface area (Å²) in [6.07, 6.45) is 3.00. The van der Waals surface area contributed by atoms with Crippen LogP contribution in [0.1, 0.15) is 17.2 Å². The van der Waals surface area contributed by atoms with Gasteiger partial charge in [0.25, 0.3) is 5.91 Å². The Hall–Kier alpha value is -3.80. The molecular formula is C23H19ClF2N4O5. The van der Waals surface area contributed by atoms with Crippen molar-refractivity contribution in [1.82, 2.24) is 20.5 Å². The number of halogens is 3. The van der Waals surface area contributed by atoms with E-state index in [0.29, 0.717) is 32.5 Å². The normalized spacial score (nSPS) is 15.8. The third kappa shape index (κ3) is 4.74. The largest absolute Gasteiger partial charge is 0.394 e. The van der Waals surface area contributed by atoms with Gasteiger partial charge in [0.05, 0.1) is 19.3 Å². The number of urea groups is 1. The maximum Gasteiger partial charge on any atom is 0.330 e. The lowest BCUT2D eigenvalue weighted by Crippen LogP contribution is -2.48. The molecule has 1 aliphatic heterocycles. The predicted octanol–water partition coefficient (Wildman–Crippen LogP) is 2.20. The lowest BCUT2D eigenvalue weighted by molar-refractivity contribution is -0.134. The zero-order chi connectivity index (χ0) is 25.3. The Morgan fingerprint density at radius 1 is 1.11 bits per heavy atom. The van der Waals surface area contributed by atoms with Crippen molar-refractivity contribution in [2.24, 2.45) is 0 Å². The second kappa shape index (κ2) is 9.82. The number of aromatic nitrogens is 1. The number of amides is 4. The second-order valence-electron chi connectivity index (χ2n) is 7.74. The third-order valence-electron chi connectivity index (χ3n) is 5.44. The molecule has 2 aromatic carbocycles. The van der Waals surface area contributed by atoms with E-state index >= 15 is 0 Å². The summed E-state index contributed by atoms with van der Waals surface area (Å²) >= 11 is 5.99. The Labute approximate surface area is 202 Å². The second-order valence-corrected chi connectivity index (χ2v) is 8.18. The van der Waals surface area contributed by atoms with Gasteiger partial charge in [-0.05, 0) is 35.9 Å². The predicted molar refractivity (Wildman–Crippen MR) is 122 cm³/mol. The molecule has 3 aromatic rings. The monoisotopic (exact) mass is 504 g/mol. The first-order valence-corrected chi connectivity index (χ1v) is 10.7. The first kappa shape index (κ1) is 24.3. The minimum Gasteiger partial charge on any atom is -0.394 e. The number of nitrogens with zero attached hydrogens (tertiary/aromatic N) is 1. The molecule has 2 heterocycles. The number of imide groups is 1. The SMILES string of the molecule is O=C(NC(CO)CO)C(c1ccc(F)c(F)c1)N1C(=O)NC(=Cc2c[nH]c3cc(Cl)ccc23)C1=O. The van der Waals surface area contributed by atoms with E-state index in [1.165, 1.54) is 6.08 Å². The van der Waals surface area contributed by atoms with Crippen molar-refractivity contribution < 1.29 is 33.4 Å². The van der Waals surface area contributed by atoms with Crippen molar-refractivity contribution in [2.75, 3.05) is 13.2 Å². The van der Waals surface area contributed by atoms with Crippen LogP contribution in [0, 0.1) is 11.6 Å². The van der Waals surface area contributed by atoms with Crippen molar-refractivity contribution >= 4 is 46.4 Å². The highest BCUT2D eigenvalue weighted by atomic mass is 35.5. The van der Waals surface area contributed by atoms with Crippen LogP contribution < -0.4 is 10.6 Å². The van der Waals surface area contributed by atoms with Crippen LogP contribution in [-0.2, 0) is 9.59 Å². The Bertz CT molecular complexity index is 1350. The van der Waals surface area contributed by atoms with Gasteiger partial charge in [-0.15, -0.1) is 0 Å². The molecule has 9 nitrogen and oxygen atoms in total. The van der Waals surface area contributed by atoms with Crippen molar-refractivity contribution in [1.29, 1.82) is 0 Å². The molecule has 1 unspecified atom stereocenters. The lowest BCUT2D eigenvalue weighted by atomic mass is 10.0. The third-order valence-corrected chi connectivity index (χ3v) is 5.67. The Morgan fingerprint density at radius 3 is 2.54 bits per heavy atom. The average Bonchev–Trinajstić information content (AvgIpc) is 3.35. The van der Waals surface area contributed by atoms with Gasteiger partial charge < -0.3 is 25.8 Å². The van der Waals surface area contributed by atoms with Gasteiger partial charge >= 0.3 is 6.03 Å². The molecule has 1 saturated heterocycles. The first-order chi connectivity index (χ1) is 16.7. The van der Waals surface area contributed by atoms with Gasteiger partial charge in [0.1, 0.15) is 11.7 Å². The van der Waals surface area contributed by atoms with Crippen molar-refractivity contribution in [2.45, 2.75) is 12.1 Å². The van der Waals surface area contributed by atoms with Crippen molar-refractivity contribution in [3.8, 4) is 0 Å². The topological polar surface area (TPSA) is 135 Å². The Kier molecular flexibility index (Phi) is 6.83. The maximum absolute atomic E-state index is 14.0. The van der Waals surface area contributed by atoms with Crippen LogP contribution in [0.4, 0.5) is 13.6 Å². The summed E-state index contributed by atoms with van der Waals surface area (Å²) in [6.45, 7) is -1.27. The Morgan fingerprint density at radius 2 is 1.86 bits per heavy atom. The number of aromatic amines is 1. The van der Waals surface area contributed by atoms with Crippen LogP contribution >= 0.6 is 11.6 Å². The number of aliphatic hydroxyl groups excluding tert-OH is 2. The van der Waals surface area contributed by atoms with Gasteiger partial charge in [0.15, 0.2) is 11.6 Å². The summed E-state index contributed by atoms with van der Waals surface area (Å²) in [5.74, 6) is -4.36. The number of hydrogen-bond donors (Lipinski definition) is 5. The molecule has 1 aliphatic rings. The van der Waals surface area contributed by atoms with Crippen LogP contribution in [0.3, 0.4) is 0 Å². The molecule has 0 radical (unpaired) electrons. The number of fused-ring (bicyclic) bond motifs is 1. The summed E-state index contributed by atoms with van der Waals surface area (Å²) in [5.41, 5.74) is 0.891. The van der Waals surface area contributed by atoms with Crippen LogP contribution in [0.25, 0.3) is 17.0 Å². The van der Waals surface area contributed by atoms with Crippen LogP contribution in [-0.4, -0.2) is 57.2 Å². The molecule has 12 heteroatoms. The molecule has 4 rings (SSSR count). The van der Waals surface area contributed by atoms with E-state index < -0.39 is 54.8 Å². The van der Waals surface area contributed by atoms with Crippen LogP contribution in [0.15, 0.2) is 48.3 Å². The van der Waals surface area contributed by atoms with E-state index in [4.69, 9.17) is 11.6 Å². The zero-order valence-corrected chi connectivity index (χ0v) is 18.6. The van der Waals surface area contributed by atoms with Crippen LogP contribution in [0.2, 0.25) is 5.02 Å². The molecule has 4 amide bonds. The van der Waals surface area contributed by atoms with E-state index in [9.17, 15) is 33.4 Å². The summed E-state index contributed by atoms with van der Waals surface area (Å²) in [5, 5.41) is 24.5. The minimum atomic E-state index is -1.72. The fourth-order valence-electron chi connectivity index (χ4n) is 3.71. The fourth-order valence-corrected chi connectivity index (χ4v) is 3.88. The molecule has 1 aromatic heterocycles. The van der Waals surface area contributed by atoms with Crippen molar-refractivity contribution in [3.05, 3.63) is 76.1 Å². The van der Waals surface area contributed by atoms with E-state index in [1.54, 1.807) is 24.4 Å². The molecule has 182 valence electrons. The summed E-state index contributed by atoms with van der Waals surface area (Å²) in [4.78, 5) is 42.6. The highest BCUT2D eigenvalue weighted by molar-refractivity contribution is 6.31. The molecule has 35 heavy (non-hydrogen) atoms. The molecular weight excluding hydrogens is 486 g/mol. The number of H-pyrrole nitrogens is 1. The van der Waals surface area contributed by atoms with E-state index in [2.05, 4.69) is 15.6 Å². The number of carbonyl (C=O) groups excluding carboxylic acids is 3. The van der Waals surface area contributed by atoms with Crippen LogP contribution in [0.5, 0.6) is 0 Å². The molecule has 5 N–H and O–H groups in total. The van der Waals surface area contributed by atoms with Gasteiger partial charge in [-0.1, -0.05) is 23.7 Å². The first-order valence-electron chi connectivity index (χ1n) is 10.3. The molecule has 0 saturated carbocycles. The molecule has 0 bridgehead atoms. The number of nitrogens with one attached hydrogen (secondary N) is 3. The van der Waals surface area contributed by atoms with E-state index in [0.717, 1.165) is 12.1 Å². The quantitative estimate of drug-likeness (QED) is 0.248. The van der Waals surface area contributed by atoms with Gasteiger partial charge in [-0.2, -0.15) is 0 Å². The van der Waals surface area contributed by atoms with Gasteiger partial charge in [-0.25, -0.2) is 18.5 Å². The number of hydrogen-bond acceptors (Lipinski definition) is 5. The lowest BCUT2D eigenvalue weighted by Gasteiger charge is -2.26. The highest BCUT2D eigenvalue weighted by Gasteiger charge is 2.43. The number of benzene rings is 2. The molecule has 0 spiro atoms. The number of carbonyl (C=O) groups is 3. The highest BCUT2D eigenvalue weighted by Crippen LogP contribution is 2.30. The Balaban J connectivity index is 1.73. The zero-order valence-electron chi connectivity index (χ0n) is 17.9. The van der Waals surface area contributed by atoms with E-state index in [1.807, 2.05) is 0 Å². The number of rotatable bonds is 7. The summed E-state index contributed by atoms with van der Waals surface area (Å²) in [6, 6.07) is 3.77. The molecule has 1 atom stereocenters. The van der Waals surface area contributed by atoms with Crippen molar-refractivity contribution in [3.63, 3.8) is 0 Å². The van der Waals surface area contributed by atoms with Gasteiger partial charge in [0, 0.05) is 27.7 Å². The van der Waals surface area contributed by atoms with E-state index in [-0.39, 0.29) is 11.3 Å². The summed E-state index contributed by atoms with van der Waals surface area (Å²) in [7, 11) is 0. The standard InChI is InChI=1S/C23H19ClF2N4O5/c24-13-2-3-15-12(8-27-18(15)7-13)6-19-22(34)30(23(35)29-19)20(21(33)28-14(9-31)10-32)11-1-4-16(25)17(26)5-11/h1-8,14,20,27,31-32H,9-10H2,(H,28,33)(H,29,35). The van der Waals surface area contributed by atoms with Gasteiger partial charge in [0.2, 0.25) is 5.91 Å². The van der Waals surface area contributed by atoms with Gasteiger partial charge in [-0.3, -0.25) is 9.59 Å². The maximum atomic E-state index is 14.0. The fraction of sp³-hybridized carbons (Fsp3) is 0.174. The smallest absolute Gasteiger partial charge is 0.330 e.